The second-order valence-electron chi connectivity index (χ2n) is 4.80. The third-order valence-corrected chi connectivity index (χ3v) is 4.30. The number of hydrogen-bond donors (Lipinski definition) is 2. The predicted octanol–water partition coefficient (Wildman–Crippen LogP) is 0.861. The molecule has 2 N–H and O–H groups in total. The highest BCUT2D eigenvalue weighted by Gasteiger charge is 2.32. The van der Waals surface area contributed by atoms with Crippen molar-refractivity contribution in [2.75, 3.05) is 18.0 Å². The number of anilines is 1. The van der Waals surface area contributed by atoms with Gasteiger partial charge in [-0.2, -0.15) is 0 Å². The first-order valence-electron chi connectivity index (χ1n) is 6.61. The molecule has 1 amide bonds. The number of amides is 1. The van der Waals surface area contributed by atoms with Crippen LogP contribution in [0, 0.1) is 0 Å². The molecule has 0 aromatic carbocycles. The Hall–Kier alpha value is -2.22. The van der Waals surface area contributed by atoms with E-state index in [0.717, 1.165) is 29.0 Å². The fraction of sp³-hybridized carbons (Fsp3) is 0.385. The van der Waals surface area contributed by atoms with Crippen LogP contribution >= 0.6 is 11.3 Å². The Morgan fingerprint density at radius 1 is 1.48 bits per heavy atom. The standard InChI is InChI=1S/C13H14N4O3S/c18-10(19)6-14-12(20)9-2-1-4-17(9)11-8-3-5-21-13(8)16-7-15-11/h3,5,7,9H,1-2,4,6H2,(H,14,20)(H,18,19). The normalized spacial score (nSPS) is 18.1. The van der Waals surface area contributed by atoms with Crippen LogP contribution < -0.4 is 10.2 Å². The fourth-order valence-electron chi connectivity index (χ4n) is 2.58. The average Bonchev–Trinajstić information content (AvgIpc) is 3.12. The van der Waals surface area contributed by atoms with Crippen LogP contribution in [0.15, 0.2) is 17.8 Å². The number of fused-ring (bicyclic) bond motifs is 1. The lowest BCUT2D eigenvalue weighted by Gasteiger charge is -2.25. The van der Waals surface area contributed by atoms with E-state index in [1.54, 1.807) is 0 Å². The molecule has 0 bridgehead atoms. The number of carbonyl (C=O) groups is 2. The maximum Gasteiger partial charge on any atom is 0.322 e. The molecule has 1 unspecified atom stereocenters. The van der Waals surface area contributed by atoms with Crippen LogP contribution in [0.4, 0.5) is 5.82 Å². The predicted molar refractivity (Wildman–Crippen MR) is 78.4 cm³/mol. The van der Waals surface area contributed by atoms with Gasteiger partial charge in [-0.1, -0.05) is 0 Å². The summed E-state index contributed by atoms with van der Waals surface area (Å²) >= 11 is 1.53. The Balaban J connectivity index is 1.85. The molecule has 1 aliphatic heterocycles. The van der Waals surface area contributed by atoms with Crippen molar-refractivity contribution in [1.29, 1.82) is 0 Å². The molecule has 0 saturated carbocycles. The van der Waals surface area contributed by atoms with Gasteiger partial charge in [0.1, 0.15) is 29.6 Å². The lowest BCUT2D eigenvalue weighted by molar-refractivity contribution is -0.138. The zero-order valence-electron chi connectivity index (χ0n) is 11.2. The first-order valence-corrected chi connectivity index (χ1v) is 7.49. The smallest absolute Gasteiger partial charge is 0.322 e. The number of nitrogens with one attached hydrogen (secondary N) is 1. The SMILES string of the molecule is O=C(O)CNC(=O)C1CCCN1c1ncnc2sccc12. The Morgan fingerprint density at radius 2 is 2.33 bits per heavy atom. The molecule has 8 heteroatoms. The first-order chi connectivity index (χ1) is 10.2. The van der Waals surface area contributed by atoms with Crippen molar-refractivity contribution in [1.82, 2.24) is 15.3 Å². The van der Waals surface area contributed by atoms with Crippen molar-refractivity contribution in [2.45, 2.75) is 18.9 Å². The summed E-state index contributed by atoms with van der Waals surface area (Å²) in [4.78, 5) is 34.1. The van der Waals surface area contributed by atoms with Crippen LogP contribution in [-0.2, 0) is 9.59 Å². The molecule has 7 nitrogen and oxygen atoms in total. The Morgan fingerprint density at radius 3 is 3.14 bits per heavy atom. The second-order valence-corrected chi connectivity index (χ2v) is 5.69. The zero-order chi connectivity index (χ0) is 14.8. The van der Waals surface area contributed by atoms with Crippen LogP contribution in [0.5, 0.6) is 0 Å². The van der Waals surface area contributed by atoms with Gasteiger partial charge in [-0.15, -0.1) is 11.3 Å². The molecule has 1 saturated heterocycles. The second kappa shape index (κ2) is 5.65. The van der Waals surface area contributed by atoms with Crippen molar-refractivity contribution in [3.63, 3.8) is 0 Å². The van der Waals surface area contributed by atoms with Crippen LogP contribution in [-0.4, -0.2) is 46.1 Å². The van der Waals surface area contributed by atoms with Crippen LogP contribution in [0.1, 0.15) is 12.8 Å². The average molecular weight is 306 g/mol. The monoisotopic (exact) mass is 306 g/mol. The number of aliphatic carboxylic acids is 1. The van der Waals surface area contributed by atoms with Crippen LogP contribution in [0.3, 0.4) is 0 Å². The van der Waals surface area contributed by atoms with Crippen molar-refractivity contribution in [3.05, 3.63) is 17.8 Å². The van der Waals surface area contributed by atoms with Gasteiger partial charge in [-0.25, -0.2) is 9.97 Å². The number of carbonyl (C=O) groups excluding carboxylic acids is 1. The Bertz CT molecular complexity index is 687. The maximum absolute atomic E-state index is 12.2. The van der Waals surface area contributed by atoms with E-state index in [1.807, 2.05) is 16.3 Å². The summed E-state index contributed by atoms with van der Waals surface area (Å²) in [6.07, 6.45) is 3.07. The minimum Gasteiger partial charge on any atom is -0.480 e. The van der Waals surface area contributed by atoms with E-state index in [0.29, 0.717) is 6.42 Å². The van der Waals surface area contributed by atoms with E-state index < -0.39 is 5.97 Å². The van der Waals surface area contributed by atoms with E-state index in [2.05, 4.69) is 15.3 Å². The minimum atomic E-state index is -1.05. The van der Waals surface area contributed by atoms with Crippen LogP contribution in [0.2, 0.25) is 0 Å². The molecule has 1 aliphatic rings. The number of aromatic nitrogens is 2. The van der Waals surface area contributed by atoms with Crippen molar-refractivity contribution >= 4 is 39.2 Å². The topological polar surface area (TPSA) is 95.4 Å². The lowest BCUT2D eigenvalue weighted by atomic mass is 10.2. The summed E-state index contributed by atoms with van der Waals surface area (Å²) in [6.45, 7) is 0.369. The highest BCUT2D eigenvalue weighted by atomic mass is 32.1. The number of nitrogens with zero attached hydrogens (tertiary/aromatic N) is 3. The number of thiophene rings is 1. The van der Waals surface area contributed by atoms with Crippen LogP contribution in [0.25, 0.3) is 10.2 Å². The third kappa shape index (κ3) is 2.66. The van der Waals surface area contributed by atoms with E-state index in [9.17, 15) is 9.59 Å². The van der Waals surface area contributed by atoms with E-state index >= 15 is 0 Å². The molecule has 1 fully saturated rings. The van der Waals surface area contributed by atoms with Gasteiger partial charge in [-0.3, -0.25) is 9.59 Å². The van der Waals surface area contributed by atoms with Gasteiger partial charge in [0.05, 0.1) is 5.39 Å². The Kier molecular flexibility index (Phi) is 3.70. The summed E-state index contributed by atoms with van der Waals surface area (Å²) in [5.74, 6) is -0.568. The number of rotatable bonds is 4. The molecule has 2 aromatic rings. The molecule has 2 aromatic heterocycles. The molecular weight excluding hydrogens is 292 g/mol. The summed E-state index contributed by atoms with van der Waals surface area (Å²) in [5, 5.41) is 14.0. The molecule has 0 radical (unpaired) electrons. The maximum atomic E-state index is 12.2. The van der Waals surface area contributed by atoms with E-state index in [-0.39, 0.29) is 18.5 Å². The molecule has 3 rings (SSSR count). The van der Waals surface area contributed by atoms with Crippen molar-refractivity contribution in [3.8, 4) is 0 Å². The largest absolute Gasteiger partial charge is 0.480 e. The van der Waals surface area contributed by atoms with Gasteiger partial charge in [-0.05, 0) is 24.3 Å². The van der Waals surface area contributed by atoms with E-state index in [4.69, 9.17) is 5.11 Å². The lowest BCUT2D eigenvalue weighted by Crippen LogP contribution is -2.45. The summed E-state index contributed by atoms with van der Waals surface area (Å²) in [6, 6.07) is 1.57. The Labute approximate surface area is 124 Å². The number of carboxylic acids is 1. The van der Waals surface area contributed by atoms with Gasteiger partial charge in [0, 0.05) is 6.54 Å². The summed E-state index contributed by atoms with van der Waals surface area (Å²) in [7, 11) is 0. The van der Waals surface area contributed by atoms with Gasteiger partial charge in [0.2, 0.25) is 5.91 Å². The van der Waals surface area contributed by atoms with Gasteiger partial charge in [0.15, 0.2) is 0 Å². The van der Waals surface area contributed by atoms with Gasteiger partial charge >= 0.3 is 5.97 Å². The minimum absolute atomic E-state index is 0.267. The fourth-order valence-corrected chi connectivity index (χ4v) is 3.31. The zero-order valence-corrected chi connectivity index (χ0v) is 12.0. The molecule has 0 spiro atoms. The summed E-state index contributed by atoms with van der Waals surface area (Å²) < 4.78 is 0. The van der Waals surface area contributed by atoms with Crippen molar-refractivity contribution < 1.29 is 14.7 Å². The van der Waals surface area contributed by atoms with Crippen molar-refractivity contribution in [2.24, 2.45) is 0 Å². The van der Waals surface area contributed by atoms with Gasteiger partial charge in [0.25, 0.3) is 0 Å². The van der Waals surface area contributed by atoms with E-state index in [1.165, 1.54) is 17.7 Å². The molecular formula is C13H14N4O3S. The first kappa shape index (κ1) is 13.7. The third-order valence-electron chi connectivity index (χ3n) is 3.48. The quantitative estimate of drug-likeness (QED) is 0.870. The number of hydrogen-bond acceptors (Lipinski definition) is 6. The highest BCUT2D eigenvalue weighted by Crippen LogP contribution is 2.31. The van der Waals surface area contributed by atoms with Gasteiger partial charge < -0.3 is 15.3 Å². The molecule has 21 heavy (non-hydrogen) atoms. The molecule has 3 heterocycles. The molecule has 0 aliphatic carbocycles. The number of carboxylic acid groups (broad SMARTS) is 1. The summed E-state index contributed by atoms with van der Waals surface area (Å²) in [5.41, 5.74) is 0. The highest BCUT2D eigenvalue weighted by molar-refractivity contribution is 7.16. The molecule has 1 atom stereocenters. The molecule has 110 valence electrons.